The number of likely N-dealkylation sites (tertiary alicyclic amines) is 1. The highest BCUT2D eigenvalue weighted by Crippen LogP contribution is 2.28. The molecular weight excluding hydrogens is 226 g/mol. The second-order valence-electron chi connectivity index (χ2n) is 6.18. The van der Waals surface area contributed by atoms with E-state index in [1.54, 1.807) is 0 Å². The molecule has 2 rings (SSSR count). The number of carboxylic acids is 1. The van der Waals surface area contributed by atoms with Crippen molar-refractivity contribution in [2.45, 2.75) is 64.3 Å². The van der Waals surface area contributed by atoms with Gasteiger partial charge in [-0.3, -0.25) is 9.69 Å². The van der Waals surface area contributed by atoms with Crippen LogP contribution in [0.15, 0.2) is 0 Å². The molecule has 0 unspecified atom stereocenters. The molecule has 1 saturated carbocycles. The molecule has 1 aliphatic heterocycles. The van der Waals surface area contributed by atoms with E-state index in [2.05, 4.69) is 11.8 Å². The van der Waals surface area contributed by atoms with Crippen molar-refractivity contribution in [1.82, 2.24) is 4.90 Å². The summed E-state index contributed by atoms with van der Waals surface area (Å²) >= 11 is 0. The molecule has 0 aromatic rings. The highest BCUT2D eigenvalue weighted by molar-refractivity contribution is 5.70. The minimum atomic E-state index is -0.604. The van der Waals surface area contributed by atoms with Gasteiger partial charge in [0.15, 0.2) is 0 Å². The summed E-state index contributed by atoms with van der Waals surface area (Å²) in [6.07, 6.45) is 10.1. The molecule has 18 heavy (non-hydrogen) atoms. The summed E-state index contributed by atoms with van der Waals surface area (Å²) in [4.78, 5) is 13.7. The molecule has 2 fully saturated rings. The fourth-order valence-electron chi connectivity index (χ4n) is 3.68. The summed E-state index contributed by atoms with van der Waals surface area (Å²) in [7, 11) is 0. The summed E-state index contributed by atoms with van der Waals surface area (Å²) < 4.78 is 0. The van der Waals surface area contributed by atoms with E-state index < -0.39 is 5.97 Å². The predicted octanol–water partition coefficient (Wildman–Crippen LogP) is 3.14. The van der Waals surface area contributed by atoms with Crippen molar-refractivity contribution in [3.05, 3.63) is 0 Å². The van der Waals surface area contributed by atoms with Crippen LogP contribution < -0.4 is 0 Å². The van der Waals surface area contributed by atoms with Gasteiger partial charge in [-0.15, -0.1) is 0 Å². The van der Waals surface area contributed by atoms with E-state index in [0.29, 0.717) is 0 Å². The first kappa shape index (κ1) is 13.9. The first-order chi connectivity index (χ1) is 8.68. The van der Waals surface area contributed by atoms with Crippen LogP contribution in [-0.2, 0) is 4.79 Å². The van der Waals surface area contributed by atoms with Gasteiger partial charge in [0.2, 0.25) is 0 Å². The van der Waals surface area contributed by atoms with Crippen LogP contribution in [0.5, 0.6) is 0 Å². The fourth-order valence-corrected chi connectivity index (χ4v) is 3.68. The SMILES string of the molecule is C[C@@H]1[C@H](C(=O)O)CCCN1CC1CCCCCC1. The van der Waals surface area contributed by atoms with Gasteiger partial charge >= 0.3 is 5.97 Å². The van der Waals surface area contributed by atoms with Gasteiger partial charge in [-0.2, -0.15) is 0 Å². The topological polar surface area (TPSA) is 40.5 Å². The Balaban J connectivity index is 1.88. The Morgan fingerprint density at radius 3 is 2.39 bits per heavy atom. The van der Waals surface area contributed by atoms with E-state index >= 15 is 0 Å². The Labute approximate surface area is 111 Å². The Morgan fingerprint density at radius 1 is 1.11 bits per heavy atom. The molecule has 0 aromatic carbocycles. The molecule has 1 saturated heterocycles. The Kier molecular flexibility index (Phi) is 5.04. The lowest BCUT2D eigenvalue weighted by molar-refractivity contribution is -0.145. The van der Waals surface area contributed by atoms with Gasteiger partial charge in [-0.05, 0) is 45.1 Å². The number of hydrogen-bond donors (Lipinski definition) is 1. The third kappa shape index (κ3) is 3.47. The van der Waals surface area contributed by atoms with E-state index in [-0.39, 0.29) is 12.0 Å². The molecule has 0 aromatic heterocycles. The number of hydrogen-bond acceptors (Lipinski definition) is 2. The van der Waals surface area contributed by atoms with Gasteiger partial charge < -0.3 is 5.11 Å². The van der Waals surface area contributed by atoms with Gasteiger partial charge in [-0.25, -0.2) is 0 Å². The lowest BCUT2D eigenvalue weighted by Crippen LogP contribution is -2.47. The summed E-state index contributed by atoms with van der Waals surface area (Å²) in [6, 6.07) is 0.222. The van der Waals surface area contributed by atoms with E-state index in [9.17, 15) is 9.90 Å². The monoisotopic (exact) mass is 253 g/mol. The lowest BCUT2D eigenvalue weighted by Gasteiger charge is -2.39. The van der Waals surface area contributed by atoms with Crippen molar-refractivity contribution in [2.24, 2.45) is 11.8 Å². The van der Waals surface area contributed by atoms with Crippen LogP contribution >= 0.6 is 0 Å². The molecule has 2 aliphatic rings. The molecule has 3 heteroatoms. The molecular formula is C15H27NO2. The largest absolute Gasteiger partial charge is 0.481 e. The highest BCUT2D eigenvalue weighted by atomic mass is 16.4. The first-order valence-electron chi connectivity index (χ1n) is 7.65. The second-order valence-corrected chi connectivity index (χ2v) is 6.18. The summed E-state index contributed by atoms with van der Waals surface area (Å²) in [6.45, 7) is 4.33. The van der Waals surface area contributed by atoms with Crippen molar-refractivity contribution < 1.29 is 9.90 Å². The van der Waals surface area contributed by atoms with Crippen molar-refractivity contribution in [1.29, 1.82) is 0 Å². The molecule has 0 bridgehead atoms. The molecule has 1 aliphatic carbocycles. The molecule has 0 spiro atoms. The fraction of sp³-hybridized carbons (Fsp3) is 0.933. The second kappa shape index (κ2) is 6.55. The molecule has 2 atom stereocenters. The third-order valence-corrected chi connectivity index (χ3v) is 4.90. The molecule has 1 N–H and O–H groups in total. The standard InChI is InChI=1S/C15H27NO2/c1-12-14(15(17)18)9-6-10-16(12)11-13-7-4-2-3-5-8-13/h12-14H,2-11H2,1H3,(H,17,18)/t12-,14-/m1/s1. The first-order valence-corrected chi connectivity index (χ1v) is 7.65. The van der Waals surface area contributed by atoms with Crippen LogP contribution in [0, 0.1) is 11.8 Å². The van der Waals surface area contributed by atoms with Gasteiger partial charge in [0.1, 0.15) is 0 Å². The zero-order chi connectivity index (χ0) is 13.0. The Hall–Kier alpha value is -0.570. The number of nitrogens with zero attached hydrogens (tertiary/aromatic N) is 1. The molecule has 3 nitrogen and oxygen atoms in total. The van der Waals surface area contributed by atoms with Crippen LogP contribution in [0.2, 0.25) is 0 Å². The van der Waals surface area contributed by atoms with E-state index in [0.717, 1.165) is 31.8 Å². The minimum Gasteiger partial charge on any atom is -0.481 e. The normalized spacial score (nSPS) is 32.1. The number of aliphatic carboxylic acids is 1. The average Bonchev–Trinajstić information content (AvgIpc) is 2.60. The minimum absolute atomic E-state index is 0.149. The van der Waals surface area contributed by atoms with Crippen LogP contribution in [0.1, 0.15) is 58.3 Å². The van der Waals surface area contributed by atoms with Crippen LogP contribution in [0.4, 0.5) is 0 Å². The molecule has 1 heterocycles. The quantitative estimate of drug-likeness (QED) is 0.786. The number of carbonyl (C=O) groups is 1. The summed E-state index contributed by atoms with van der Waals surface area (Å²) in [5.41, 5.74) is 0. The zero-order valence-corrected chi connectivity index (χ0v) is 11.6. The molecule has 0 amide bonds. The van der Waals surface area contributed by atoms with E-state index in [1.807, 2.05) is 0 Å². The maximum Gasteiger partial charge on any atom is 0.308 e. The zero-order valence-electron chi connectivity index (χ0n) is 11.6. The maximum absolute atomic E-state index is 11.2. The van der Waals surface area contributed by atoms with Crippen molar-refractivity contribution in [3.8, 4) is 0 Å². The Morgan fingerprint density at radius 2 is 1.78 bits per heavy atom. The van der Waals surface area contributed by atoms with Crippen molar-refractivity contribution in [3.63, 3.8) is 0 Å². The van der Waals surface area contributed by atoms with Crippen LogP contribution in [0.3, 0.4) is 0 Å². The predicted molar refractivity (Wildman–Crippen MR) is 72.6 cm³/mol. The number of carboxylic acid groups (broad SMARTS) is 1. The van der Waals surface area contributed by atoms with Crippen molar-refractivity contribution >= 4 is 5.97 Å². The summed E-state index contributed by atoms with van der Waals surface area (Å²) in [5, 5.41) is 9.25. The van der Waals surface area contributed by atoms with E-state index in [4.69, 9.17) is 0 Å². The van der Waals surface area contributed by atoms with Gasteiger partial charge in [0.25, 0.3) is 0 Å². The number of rotatable bonds is 3. The molecule has 0 radical (unpaired) electrons. The smallest absolute Gasteiger partial charge is 0.308 e. The number of piperidine rings is 1. The highest BCUT2D eigenvalue weighted by Gasteiger charge is 2.33. The summed E-state index contributed by atoms with van der Waals surface area (Å²) in [5.74, 6) is 0.0556. The van der Waals surface area contributed by atoms with Gasteiger partial charge in [0, 0.05) is 12.6 Å². The van der Waals surface area contributed by atoms with E-state index in [1.165, 1.54) is 38.5 Å². The van der Waals surface area contributed by atoms with Crippen LogP contribution in [0.25, 0.3) is 0 Å². The van der Waals surface area contributed by atoms with Crippen molar-refractivity contribution in [2.75, 3.05) is 13.1 Å². The molecule has 104 valence electrons. The van der Waals surface area contributed by atoms with Gasteiger partial charge in [-0.1, -0.05) is 25.7 Å². The maximum atomic E-state index is 11.2. The average molecular weight is 253 g/mol. The Bertz CT molecular complexity index is 272. The van der Waals surface area contributed by atoms with Gasteiger partial charge in [0.05, 0.1) is 5.92 Å². The van der Waals surface area contributed by atoms with Crippen LogP contribution in [-0.4, -0.2) is 35.1 Å². The lowest BCUT2D eigenvalue weighted by atomic mass is 9.88. The third-order valence-electron chi connectivity index (χ3n) is 4.90.